The van der Waals surface area contributed by atoms with Crippen LogP contribution in [0.15, 0.2) is 36.4 Å². The van der Waals surface area contributed by atoms with Gasteiger partial charge in [0, 0.05) is 40.5 Å². The Morgan fingerprint density at radius 1 is 0.958 bits per heavy atom. The van der Waals surface area contributed by atoms with E-state index < -0.39 is 0 Å². The highest BCUT2D eigenvalue weighted by Crippen LogP contribution is 2.32. The number of fused-ring (bicyclic) bond motifs is 1. The number of amides is 1. The third kappa shape index (κ3) is 4.46. The normalized spacial score (nSPS) is 12.6. The molecule has 0 radical (unpaired) electrons. The van der Waals surface area contributed by atoms with E-state index in [1.54, 1.807) is 18.2 Å². The Bertz CT molecular complexity index is 732. The fourth-order valence-electron chi connectivity index (χ4n) is 2.32. The second-order valence-corrected chi connectivity index (χ2v) is 6.11. The summed E-state index contributed by atoms with van der Waals surface area (Å²) in [6.07, 6.45) is 0.304. The van der Waals surface area contributed by atoms with Crippen LogP contribution in [0.25, 0.3) is 0 Å². The highest BCUT2D eigenvalue weighted by Gasteiger charge is 2.11. The molecule has 3 rings (SSSR count). The van der Waals surface area contributed by atoms with Gasteiger partial charge in [0.2, 0.25) is 5.91 Å². The number of carbonyl (C=O) groups excluding carboxylic acids is 1. The van der Waals surface area contributed by atoms with Gasteiger partial charge in [-0.15, -0.1) is 0 Å². The van der Waals surface area contributed by atoms with Gasteiger partial charge in [-0.25, -0.2) is 0 Å². The number of anilines is 2. The minimum atomic E-state index is -0.127. The second-order valence-electron chi connectivity index (χ2n) is 5.24. The van der Waals surface area contributed by atoms with Gasteiger partial charge in [-0.3, -0.25) is 4.79 Å². The molecule has 0 saturated heterocycles. The first-order valence-electron chi connectivity index (χ1n) is 7.49. The topological polar surface area (TPSA) is 59.6 Å². The largest absolute Gasteiger partial charge is 0.486 e. The van der Waals surface area contributed by atoms with E-state index in [0.717, 1.165) is 11.4 Å². The second kappa shape index (κ2) is 7.64. The predicted molar refractivity (Wildman–Crippen MR) is 95.6 cm³/mol. The van der Waals surface area contributed by atoms with Crippen LogP contribution in [0, 0.1) is 0 Å². The highest BCUT2D eigenvalue weighted by atomic mass is 35.5. The SMILES string of the molecule is O=C(CCNc1ccc2c(c1)OCCO2)Nc1cc(Cl)cc(Cl)c1. The first-order chi connectivity index (χ1) is 11.6. The molecule has 0 saturated carbocycles. The minimum Gasteiger partial charge on any atom is -0.486 e. The fraction of sp³-hybridized carbons (Fsp3) is 0.235. The zero-order valence-electron chi connectivity index (χ0n) is 12.8. The number of nitrogens with one attached hydrogen (secondary N) is 2. The summed E-state index contributed by atoms with van der Waals surface area (Å²) in [5.41, 5.74) is 1.45. The van der Waals surface area contributed by atoms with Gasteiger partial charge in [0.15, 0.2) is 11.5 Å². The maximum Gasteiger partial charge on any atom is 0.226 e. The van der Waals surface area contributed by atoms with Crippen LogP contribution in [0.5, 0.6) is 11.5 Å². The molecule has 0 spiro atoms. The number of ether oxygens (including phenoxy) is 2. The summed E-state index contributed by atoms with van der Waals surface area (Å²) in [7, 11) is 0. The van der Waals surface area contributed by atoms with Crippen molar-refractivity contribution in [1.82, 2.24) is 0 Å². The van der Waals surface area contributed by atoms with Crippen LogP contribution in [0.2, 0.25) is 10.0 Å². The maximum atomic E-state index is 12.0. The number of halogens is 2. The summed E-state index contributed by atoms with van der Waals surface area (Å²) in [5.74, 6) is 1.32. The van der Waals surface area contributed by atoms with Crippen LogP contribution in [-0.2, 0) is 4.79 Å². The lowest BCUT2D eigenvalue weighted by Crippen LogP contribution is -2.17. The number of rotatable bonds is 5. The first-order valence-corrected chi connectivity index (χ1v) is 8.25. The molecule has 0 bridgehead atoms. The van der Waals surface area contributed by atoms with Crippen LogP contribution in [-0.4, -0.2) is 25.7 Å². The molecule has 24 heavy (non-hydrogen) atoms. The van der Waals surface area contributed by atoms with E-state index >= 15 is 0 Å². The lowest BCUT2D eigenvalue weighted by molar-refractivity contribution is -0.115. The average molecular weight is 367 g/mol. The Morgan fingerprint density at radius 3 is 2.42 bits per heavy atom. The number of benzene rings is 2. The van der Waals surface area contributed by atoms with Crippen LogP contribution >= 0.6 is 23.2 Å². The Morgan fingerprint density at radius 2 is 1.67 bits per heavy atom. The van der Waals surface area contributed by atoms with Crippen molar-refractivity contribution < 1.29 is 14.3 Å². The van der Waals surface area contributed by atoms with Gasteiger partial charge in [-0.05, 0) is 30.3 Å². The van der Waals surface area contributed by atoms with E-state index in [-0.39, 0.29) is 5.91 Å². The first kappa shape index (κ1) is 16.7. The van der Waals surface area contributed by atoms with Crippen molar-refractivity contribution in [3.05, 3.63) is 46.4 Å². The maximum absolute atomic E-state index is 12.0. The lowest BCUT2D eigenvalue weighted by Gasteiger charge is -2.19. The number of carbonyl (C=O) groups is 1. The van der Waals surface area contributed by atoms with Crippen molar-refractivity contribution in [2.75, 3.05) is 30.4 Å². The molecule has 5 nitrogen and oxygen atoms in total. The quantitative estimate of drug-likeness (QED) is 0.832. The summed E-state index contributed by atoms with van der Waals surface area (Å²) < 4.78 is 11.0. The lowest BCUT2D eigenvalue weighted by atomic mass is 10.2. The molecule has 7 heteroatoms. The van der Waals surface area contributed by atoms with Crippen molar-refractivity contribution in [3.8, 4) is 11.5 Å². The molecule has 0 fully saturated rings. The monoisotopic (exact) mass is 366 g/mol. The molecule has 2 N–H and O–H groups in total. The summed E-state index contributed by atoms with van der Waals surface area (Å²) in [6, 6.07) is 10.5. The van der Waals surface area contributed by atoms with E-state index in [4.69, 9.17) is 32.7 Å². The standard InChI is InChI=1S/C17H16Cl2N2O3/c18-11-7-12(19)9-14(8-11)21-17(22)3-4-20-13-1-2-15-16(10-13)24-6-5-23-15/h1-2,7-10,20H,3-6H2,(H,21,22). The van der Waals surface area contributed by atoms with Gasteiger partial charge in [0.25, 0.3) is 0 Å². The predicted octanol–water partition coefficient (Wildman–Crippen LogP) is 4.21. The van der Waals surface area contributed by atoms with E-state index in [0.29, 0.717) is 47.7 Å². The van der Waals surface area contributed by atoms with Crippen LogP contribution in [0.3, 0.4) is 0 Å². The van der Waals surface area contributed by atoms with E-state index in [9.17, 15) is 4.79 Å². The molecule has 1 heterocycles. The molecule has 2 aromatic carbocycles. The molecule has 1 aliphatic heterocycles. The fourth-order valence-corrected chi connectivity index (χ4v) is 2.85. The Labute approximate surface area is 149 Å². The van der Waals surface area contributed by atoms with E-state index in [1.807, 2.05) is 18.2 Å². The van der Waals surface area contributed by atoms with Crippen molar-refractivity contribution >= 4 is 40.5 Å². The van der Waals surface area contributed by atoms with Crippen molar-refractivity contribution in [1.29, 1.82) is 0 Å². The molecule has 0 aromatic heterocycles. The van der Waals surface area contributed by atoms with Crippen molar-refractivity contribution in [3.63, 3.8) is 0 Å². The van der Waals surface area contributed by atoms with Gasteiger partial charge in [0.05, 0.1) is 0 Å². The smallest absolute Gasteiger partial charge is 0.226 e. The summed E-state index contributed by atoms with van der Waals surface area (Å²) in [5, 5.41) is 6.91. The Hall–Kier alpha value is -2.11. The number of hydrogen-bond donors (Lipinski definition) is 2. The molecule has 2 aromatic rings. The molecular formula is C17H16Cl2N2O3. The molecule has 126 valence electrons. The van der Waals surface area contributed by atoms with Gasteiger partial charge >= 0.3 is 0 Å². The zero-order chi connectivity index (χ0) is 16.9. The van der Waals surface area contributed by atoms with Crippen LogP contribution < -0.4 is 20.1 Å². The Balaban J connectivity index is 1.50. The van der Waals surface area contributed by atoms with Crippen LogP contribution in [0.4, 0.5) is 11.4 Å². The molecule has 0 atom stereocenters. The molecule has 1 amide bonds. The van der Waals surface area contributed by atoms with Crippen molar-refractivity contribution in [2.45, 2.75) is 6.42 Å². The zero-order valence-corrected chi connectivity index (χ0v) is 14.3. The summed E-state index contributed by atoms with van der Waals surface area (Å²) in [6.45, 7) is 1.59. The van der Waals surface area contributed by atoms with Gasteiger partial charge < -0.3 is 20.1 Å². The van der Waals surface area contributed by atoms with Gasteiger partial charge in [-0.1, -0.05) is 23.2 Å². The van der Waals surface area contributed by atoms with Gasteiger partial charge in [0.1, 0.15) is 13.2 Å². The van der Waals surface area contributed by atoms with Crippen LogP contribution in [0.1, 0.15) is 6.42 Å². The minimum absolute atomic E-state index is 0.127. The summed E-state index contributed by atoms with van der Waals surface area (Å²) >= 11 is 11.8. The van der Waals surface area contributed by atoms with E-state index in [2.05, 4.69) is 10.6 Å². The average Bonchev–Trinajstić information content (AvgIpc) is 2.53. The third-order valence-electron chi connectivity index (χ3n) is 3.37. The highest BCUT2D eigenvalue weighted by molar-refractivity contribution is 6.35. The van der Waals surface area contributed by atoms with E-state index in [1.165, 1.54) is 0 Å². The van der Waals surface area contributed by atoms with Crippen molar-refractivity contribution in [2.24, 2.45) is 0 Å². The molecule has 0 aliphatic carbocycles. The molecule has 1 aliphatic rings. The third-order valence-corrected chi connectivity index (χ3v) is 3.81. The molecular weight excluding hydrogens is 351 g/mol. The number of hydrogen-bond acceptors (Lipinski definition) is 4. The molecule has 0 unspecified atom stereocenters. The summed E-state index contributed by atoms with van der Waals surface area (Å²) in [4.78, 5) is 12.0. The Kier molecular flexibility index (Phi) is 5.33. The van der Waals surface area contributed by atoms with Gasteiger partial charge in [-0.2, -0.15) is 0 Å².